The van der Waals surface area contributed by atoms with Crippen LogP contribution in [-0.4, -0.2) is 129 Å². The van der Waals surface area contributed by atoms with Crippen molar-refractivity contribution in [2.45, 2.75) is 19.8 Å². The summed E-state index contributed by atoms with van der Waals surface area (Å²) in [6, 6.07) is 19.3. The molecule has 16 nitrogen and oxygen atoms in total. The van der Waals surface area contributed by atoms with Gasteiger partial charge in [0.05, 0.1) is 48.3 Å². The Bertz CT molecular complexity index is 2910. The number of anilines is 2. The number of morpholine rings is 2. The number of nitrogens with one attached hydrogen (secondary N) is 1. The Morgan fingerprint density at radius 3 is 1.85 bits per heavy atom. The topological polar surface area (TPSA) is 177 Å². The van der Waals surface area contributed by atoms with Crippen LogP contribution in [0.25, 0.3) is 43.5 Å². The number of carbonyl (C=O) groups excluding carboxylic acids is 2. The van der Waals surface area contributed by atoms with E-state index in [4.69, 9.17) is 29.4 Å². The van der Waals surface area contributed by atoms with Crippen LogP contribution in [0, 0.1) is 6.92 Å². The molecule has 336 valence electrons. The van der Waals surface area contributed by atoms with Gasteiger partial charge in [-0.2, -0.15) is 0 Å². The fourth-order valence-electron chi connectivity index (χ4n) is 7.72. The Morgan fingerprint density at radius 1 is 0.682 bits per heavy atom. The summed E-state index contributed by atoms with van der Waals surface area (Å²) in [7, 11) is 1.84. The Kier molecular flexibility index (Phi) is 14.1. The molecule has 10 rings (SSSR count). The number of aryl methyl sites for hydroxylation is 1. The van der Waals surface area contributed by atoms with Gasteiger partial charge in [-0.25, -0.2) is 19.9 Å². The summed E-state index contributed by atoms with van der Waals surface area (Å²) < 4.78 is 11.1. The van der Waals surface area contributed by atoms with Crippen LogP contribution < -0.4 is 15.1 Å². The highest BCUT2D eigenvalue weighted by Gasteiger charge is 2.27. The lowest BCUT2D eigenvalue weighted by Gasteiger charge is -2.29. The van der Waals surface area contributed by atoms with Gasteiger partial charge in [0, 0.05) is 93.8 Å². The van der Waals surface area contributed by atoms with Crippen molar-refractivity contribution in [1.29, 1.82) is 0 Å². The molecule has 0 unspecified atom stereocenters. The number of hydrogen-bond donors (Lipinski definition) is 1. The smallest absolute Gasteiger partial charge is 0.255 e. The first-order valence-corrected chi connectivity index (χ1v) is 23.6. The number of aromatic nitrogens is 8. The largest absolute Gasteiger partial charge is 0.378 e. The molecular formula is C48H48N12O4S2. The number of carbonyl (C=O) groups is 2. The molecular weight excluding hydrogens is 873 g/mol. The molecule has 0 spiro atoms. The Hall–Kier alpha value is -6.86. The predicted octanol–water partition coefficient (Wildman–Crippen LogP) is 6.57. The van der Waals surface area contributed by atoms with Crippen molar-refractivity contribution in [3.05, 3.63) is 130 Å². The third-order valence-electron chi connectivity index (χ3n) is 11.2. The molecule has 2 amide bonds. The molecule has 10 heterocycles. The minimum atomic E-state index is -0.121. The third-order valence-corrected chi connectivity index (χ3v) is 12.9. The first-order valence-electron chi connectivity index (χ1n) is 21.8. The monoisotopic (exact) mass is 920 g/mol. The average molecular weight is 921 g/mol. The van der Waals surface area contributed by atoms with E-state index in [1.54, 1.807) is 23.5 Å². The van der Waals surface area contributed by atoms with Gasteiger partial charge in [0.25, 0.3) is 11.8 Å². The quantitative estimate of drug-likeness (QED) is 0.139. The van der Waals surface area contributed by atoms with E-state index in [1.165, 1.54) is 28.2 Å². The predicted molar refractivity (Wildman–Crippen MR) is 257 cm³/mol. The van der Waals surface area contributed by atoms with Crippen LogP contribution in [0.2, 0.25) is 0 Å². The highest BCUT2D eigenvalue weighted by Crippen LogP contribution is 2.36. The first kappa shape index (κ1) is 44.3. The van der Waals surface area contributed by atoms with E-state index >= 15 is 0 Å². The average Bonchev–Trinajstić information content (AvgIpc) is 4.02. The van der Waals surface area contributed by atoms with Gasteiger partial charge in [0.2, 0.25) is 0 Å². The summed E-state index contributed by atoms with van der Waals surface area (Å²) in [5, 5.41) is 8.40. The highest BCUT2D eigenvalue weighted by molar-refractivity contribution is 7.17. The number of ether oxygens (including phenoxy) is 2. The summed E-state index contributed by atoms with van der Waals surface area (Å²) >= 11 is 2.92. The summed E-state index contributed by atoms with van der Waals surface area (Å²) in [4.78, 5) is 70.7. The lowest BCUT2D eigenvalue weighted by Crippen LogP contribution is -2.37. The van der Waals surface area contributed by atoms with E-state index in [9.17, 15) is 9.59 Å². The number of thiophene rings is 2. The zero-order chi connectivity index (χ0) is 45.2. The molecule has 0 saturated carbocycles. The van der Waals surface area contributed by atoms with Crippen molar-refractivity contribution < 1.29 is 19.1 Å². The molecule has 8 aromatic rings. The summed E-state index contributed by atoms with van der Waals surface area (Å²) in [6.07, 6.45) is 10.3. The third kappa shape index (κ3) is 10.3. The van der Waals surface area contributed by atoms with Gasteiger partial charge in [-0.3, -0.25) is 29.5 Å². The van der Waals surface area contributed by atoms with Crippen molar-refractivity contribution in [3.63, 3.8) is 0 Å². The molecule has 0 radical (unpaired) electrons. The summed E-state index contributed by atoms with van der Waals surface area (Å²) in [5.74, 6) is 2.51. The standard InChI is InChI=1S/C25H26N6O2S.C23H22N6O2S/c1-17-15-18(6-9-26-17)7-10-30(2)25(32)19-16-34-24-21(19)23(31-11-13-33-14-12-31)28-22(29-24)20-5-3-4-8-27-20;30-22(26-9-6-16-4-3-7-24-14-16)17-15-32-23-19(17)21(29-10-12-31-13-11-29)27-20(28-23)18-5-1-2-8-25-18/h3-6,8-9,15-16H,7,10-14H2,1-2H3;1-5,7-8,14-15H,6,9-13H2,(H,26,30). The van der Waals surface area contributed by atoms with Crippen LogP contribution in [0.15, 0.2) is 102 Å². The van der Waals surface area contributed by atoms with Gasteiger partial charge in [-0.05, 0) is 73.4 Å². The van der Waals surface area contributed by atoms with Crippen molar-refractivity contribution in [3.8, 4) is 23.0 Å². The molecule has 2 saturated heterocycles. The lowest BCUT2D eigenvalue weighted by molar-refractivity contribution is 0.0798. The molecule has 0 aromatic carbocycles. The van der Waals surface area contributed by atoms with Crippen molar-refractivity contribution in [1.82, 2.24) is 50.1 Å². The fraction of sp³-hybridized carbons (Fsp3) is 0.292. The van der Waals surface area contributed by atoms with Crippen molar-refractivity contribution >= 4 is 66.6 Å². The highest BCUT2D eigenvalue weighted by atomic mass is 32.1. The molecule has 66 heavy (non-hydrogen) atoms. The Morgan fingerprint density at radius 2 is 1.29 bits per heavy atom. The van der Waals surface area contributed by atoms with Gasteiger partial charge in [0.15, 0.2) is 11.6 Å². The molecule has 0 atom stereocenters. The van der Waals surface area contributed by atoms with Gasteiger partial charge in [0.1, 0.15) is 32.7 Å². The van der Waals surface area contributed by atoms with Crippen LogP contribution in [0.1, 0.15) is 37.5 Å². The fourth-order valence-corrected chi connectivity index (χ4v) is 9.54. The van der Waals surface area contributed by atoms with Gasteiger partial charge < -0.3 is 29.5 Å². The van der Waals surface area contributed by atoms with Crippen LogP contribution >= 0.6 is 22.7 Å². The normalized spacial score (nSPS) is 13.9. The molecule has 8 aromatic heterocycles. The van der Waals surface area contributed by atoms with E-state index < -0.39 is 0 Å². The number of fused-ring (bicyclic) bond motifs is 2. The second-order valence-electron chi connectivity index (χ2n) is 15.7. The van der Waals surface area contributed by atoms with Gasteiger partial charge in [-0.1, -0.05) is 18.2 Å². The minimum Gasteiger partial charge on any atom is -0.378 e. The van der Waals surface area contributed by atoms with Crippen LogP contribution in [0.5, 0.6) is 0 Å². The maximum Gasteiger partial charge on any atom is 0.255 e. The second kappa shape index (κ2) is 21.0. The Labute approximate surface area is 389 Å². The van der Waals surface area contributed by atoms with Crippen LogP contribution in [0.3, 0.4) is 0 Å². The van der Waals surface area contributed by atoms with Gasteiger partial charge >= 0.3 is 0 Å². The zero-order valence-corrected chi connectivity index (χ0v) is 38.3. The first-order chi connectivity index (χ1) is 32.4. The number of amides is 2. The number of nitrogens with zero attached hydrogens (tertiary/aromatic N) is 11. The lowest BCUT2D eigenvalue weighted by atomic mass is 10.1. The summed E-state index contributed by atoms with van der Waals surface area (Å²) in [6.45, 7) is 8.48. The Balaban J connectivity index is 0.000000166. The summed E-state index contributed by atoms with van der Waals surface area (Å²) in [5.41, 5.74) is 5.89. The van der Waals surface area contributed by atoms with Gasteiger partial charge in [-0.15, -0.1) is 22.7 Å². The minimum absolute atomic E-state index is 0.0271. The SMILES string of the molecule is Cc1cc(CCN(C)C(=O)c2csc3nc(-c4ccccn4)nc(N4CCOCC4)c23)ccn1.O=C(NCCc1cccnc1)c1csc2nc(-c3ccccn3)nc(N3CCOCC3)c12. The number of pyridine rings is 4. The second-order valence-corrected chi connectivity index (χ2v) is 17.4. The van der Waals surface area contributed by atoms with Crippen LogP contribution in [0.4, 0.5) is 11.6 Å². The zero-order valence-electron chi connectivity index (χ0n) is 36.7. The van der Waals surface area contributed by atoms with E-state index in [1.807, 2.05) is 91.7 Å². The molecule has 18 heteroatoms. The number of rotatable bonds is 12. The van der Waals surface area contributed by atoms with E-state index in [0.717, 1.165) is 56.2 Å². The molecule has 0 bridgehead atoms. The maximum atomic E-state index is 13.5. The molecule has 1 N–H and O–H groups in total. The van der Waals surface area contributed by atoms with E-state index in [0.29, 0.717) is 99.9 Å². The molecule has 2 aliphatic heterocycles. The molecule has 2 fully saturated rings. The number of hydrogen-bond acceptors (Lipinski definition) is 16. The maximum absolute atomic E-state index is 13.5. The van der Waals surface area contributed by atoms with E-state index in [-0.39, 0.29) is 11.8 Å². The number of likely N-dealkylation sites (N-methyl/N-ethyl adjacent to an activating group) is 1. The van der Waals surface area contributed by atoms with E-state index in [2.05, 4.69) is 41.1 Å². The molecule has 2 aliphatic rings. The van der Waals surface area contributed by atoms with Crippen molar-refractivity contribution in [2.75, 3.05) is 82.5 Å². The van der Waals surface area contributed by atoms with Crippen LogP contribution in [-0.2, 0) is 22.3 Å². The molecule has 0 aliphatic carbocycles. The van der Waals surface area contributed by atoms with Crippen molar-refractivity contribution in [2.24, 2.45) is 0 Å².